The van der Waals surface area contributed by atoms with E-state index in [0.29, 0.717) is 21.9 Å². The highest BCUT2D eigenvalue weighted by atomic mass is 32.1. The van der Waals surface area contributed by atoms with Crippen LogP contribution < -0.4 is 10.1 Å². The highest BCUT2D eigenvalue weighted by Gasteiger charge is 2.23. The zero-order valence-electron chi connectivity index (χ0n) is 16.9. The number of amides is 1. The molecular weight excluding hydrogens is 420 g/mol. The Morgan fingerprint density at radius 3 is 2.35 bits per heavy atom. The first kappa shape index (κ1) is 22.0. The Morgan fingerprint density at radius 2 is 1.77 bits per heavy atom. The highest BCUT2D eigenvalue weighted by molar-refractivity contribution is 7.15. The standard InChI is InChI=1S/C22H20N2O6S/c1-3-30-22(26)20-18(15-6-10-17(29-2)11-7-15)13-31-21(20)23-19(25)12-14-4-8-16(9-5-14)24(27)28/h4-11,13H,3,12H2,1-2H3,(H,23,25). The molecule has 0 atom stereocenters. The molecule has 8 nitrogen and oxygen atoms in total. The van der Waals surface area contributed by atoms with Gasteiger partial charge in [-0.2, -0.15) is 0 Å². The molecule has 0 aliphatic carbocycles. The number of non-ortho nitro benzene ring substituents is 1. The molecule has 160 valence electrons. The number of carbonyl (C=O) groups excluding carboxylic acids is 2. The quantitative estimate of drug-likeness (QED) is 0.309. The van der Waals surface area contributed by atoms with E-state index in [1.165, 1.54) is 35.6 Å². The molecule has 3 aromatic rings. The van der Waals surface area contributed by atoms with Crippen LogP contribution in [0.5, 0.6) is 5.75 Å². The summed E-state index contributed by atoms with van der Waals surface area (Å²) in [4.78, 5) is 35.4. The van der Waals surface area contributed by atoms with Crippen LogP contribution in [0.15, 0.2) is 53.9 Å². The smallest absolute Gasteiger partial charge is 0.341 e. The van der Waals surface area contributed by atoms with Gasteiger partial charge in [-0.3, -0.25) is 14.9 Å². The minimum atomic E-state index is -0.528. The molecule has 3 rings (SSSR count). The van der Waals surface area contributed by atoms with Gasteiger partial charge in [0.05, 0.1) is 25.1 Å². The maximum Gasteiger partial charge on any atom is 0.341 e. The molecular formula is C22H20N2O6S. The van der Waals surface area contributed by atoms with E-state index in [1.807, 2.05) is 12.1 Å². The van der Waals surface area contributed by atoms with Crippen molar-refractivity contribution in [2.24, 2.45) is 0 Å². The summed E-state index contributed by atoms with van der Waals surface area (Å²) < 4.78 is 10.4. The number of methoxy groups -OCH3 is 1. The van der Waals surface area contributed by atoms with E-state index in [0.717, 1.165) is 5.56 Å². The van der Waals surface area contributed by atoms with Crippen LogP contribution in [0, 0.1) is 10.1 Å². The molecule has 9 heteroatoms. The lowest BCUT2D eigenvalue weighted by molar-refractivity contribution is -0.384. The van der Waals surface area contributed by atoms with Crippen molar-refractivity contribution in [2.75, 3.05) is 19.0 Å². The van der Waals surface area contributed by atoms with Gasteiger partial charge < -0.3 is 14.8 Å². The number of ether oxygens (including phenoxy) is 2. The van der Waals surface area contributed by atoms with E-state index >= 15 is 0 Å². The molecule has 1 N–H and O–H groups in total. The summed E-state index contributed by atoms with van der Waals surface area (Å²) >= 11 is 1.23. The van der Waals surface area contributed by atoms with Crippen LogP contribution >= 0.6 is 11.3 Å². The molecule has 0 bridgehead atoms. The van der Waals surface area contributed by atoms with E-state index in [4.69, 9.17) is 9.47 Å². The van der Waals surface area contributed by atoms with Crippen LogP contribution in [0.3, 0.4) is 0 Å². The third kappa shape index (κ3) is 5.26. The molecule has 0 unspecified atom stereocenters. The summed E-state index contributed by atoms with van der Waals surface area (Å²) in [5.41, 5.74) is 2.30. The van der Waals surface area contributed by atoms with Gasteiger partial charge in [0, 0.05) is 23.1 Å². The Morgan fingerprint density at radius 1 is 1.10 bits per heavy atom. The highest BCUT2D eigenvalue weighted by Crippen LogP contribution is 2.37. The predicted molar refractivity (Wildman–Crippen MR) is 118 cm³/mol. The molecule has 0 saturated heterocycles. The van der Waals surface area contributed by atoms with Crippen molar-refractivity contribution in [2.45, 2.75) is 13.3 Å². The Kier molecular flexibility index (Phi) is 6.99. The number of nitrogens with one attached hydrogen (secondary N) is 1. The van der Waals surface area contributed by atoms with Gasteiger partial charge in [-0.25, -0.2) is 4.79 Å². The molecule has 1 amide bonds. The zero-order chi connectivity index (χ0) is 22.4. The average molecular weight is 440 g/mol. The largest absolute Gasteiger partial charge is 0.497 e. The Balaban J connectivity index is 1.84. The van der Waals surface area contributed by atoms with E-state index in [2.05, 4.69) is 5.32 Å². The number of esters is 1. The van der Waals surface area contributed by atoms with Crippen molar-refractivity contribution in [1.82, 2.24) is 0 Å². The lowest BCUT2D eigenvalue weighted by Gasteiger charge is -2.09. The summed E-state index contributed by atoms with van der Waals surface area (Å²) in [5.74, 6) is -0.184. The van der Waals surface area contributed by atoms with Crippen LogP contribution in [-0.2, 0) is 16.0 Å². The number of carbonyl (C=O) groups is 2. The maximum absolute atomic E-state index is 12.6. The lowest BCUT2D eigenvalue weighted by atomic mass is 10.0. The monoisotopic (exact) mass is 440 g/mol. The fourth-order valence-corrected chi connectivity index (χ4v) is 3.90. The molecule has 1 heterocycles. The minimum Gasteiger partial charge on any atom is -0.497 e. The summed E-state index contributed by atoms with van der Waals surface area (Å²) in [6.45, 7) is 1.91. The molecule has 2 aromatic carbocycles. The molecule has 0 fully saturated rings. The number of nitro groups is 1. The first-order chi connectivity index (χ1) is 14.9. The van der Waals surface area contributed by atoms with Crippen LogP contribution in [0.2, 0.25) is 0 Å². The third-order valence-electron chi connectivity index (χ3n) is 4.44. The molecule has 0 radical (unpaired) electrons. The SMILES string of the molecule is CCOC(=O)c1c(-c2ccc(OC)cc2)csc1NC(=O)Cc1ccc([N+](=O)[O-])cc1. The summed E-state index contributed by atoms with van der Waals surface area (Å²) in [5, 5.41) is 15.7. The zero-order valence-corrected chi connectivity index (χ0v) is 17.7. The topological polar surface area (TPSA) is 108 Å². The minimum absolute atomic E-state index is 0.00995. The van der Waals surface area contributed by atoms with E-state index < -0.39 is 10.9 Å². The predicted octanol–water partition coefficient (Wildman–Crippen LogP) is 4.69. The molecule has 0 aliphatic rings. The van der Waals surface area contributed by atoms with Gasteiger partial charge in [0.2, 0.25) is 5.91 Å². The van der Waals surface area contributed by atoms with Crippen LogP contribution in [-0.4, -0.2) is 30.5 Å². The second-order valence-electron chi connectivity index (χ2n) is 6.45. The van der Waals surface area contributed by atoms with E-state index in [1.54, 1.807) is 31.5 Å². The molecule has 0 spiro atoms. The van der Waals surface area contributed by atoms with Gasteiger partial charge in [0.25, 0.3) is 5.69 Å². The second-order valence-corrected chi connectivity index (χ2v) is 7.33. The maximum atomic E-state index is 12.6. The number of anilines is 1. The van der Waals surface area contributed by atoms with Gasteiger partial charge in [0.15, 0.2) is 0 Å². The van der Waals surface area contributed by atoms with Crippen LogP contribution in [0.25, 0.3) is 11.1 Å². The number of rotatable bonds is 8. The summed E-state index contributed by atoms with van der Waals surface area (Å²) in [6, 6.07) is 13.0. The van der Waals surface area contributed by atoms with Crippen molar-refractivity contribution in [3.8, 4) is 16.9 Å². The van der Waals surface area contributed by atoms with Gasteiger partial charge in [-0.1, -0.05) is 24.3 Å². The third-order valence-corrected chi connectivity index (χ3v) is 5.33. The van der Waals surface area contributed by atoms with Crippen molar-refractivity contribution < 1.29 is 24.0 Å². The van der Waals surface area contributed by atoms with Gasteiger partial charge in [0.1, 0.15) is 16.3 Å². The fraction of sp³-hybridized carbons (Fsp3) is 0.182. The average Bonchev–Trinajstić information content (AvgIpc) is 3.17. The molecule has 1 aromatic heterocycles. The van der Waals surface area contributed by atoms with Crippen molar-refractivity contribution in [1.29, 1.82) is 0 Å². The molecule has 0 aliphatic heterocycles. The van der Waals surface area contributed by atoms with Crippen molar-refractivity contribution in [3.05, 3.63) is 75.2 Å². The van der Waals surface area contributed by atoms with E-state index in [9.17, 15) is 19.7 Å². The fourth-order valence-electron chi connectivity index (χ4n) is 2.93. The Bertz CT molecular complexity index is 1090. The number of benzene rings is 2. The molecule has 0 saturated carbocycles. The normalized spacial score (nSPS) is 10.4. The summed E-state index contributed by atoms with van der Waals surface area (Å²) in [7, 11) is 1.57. The lowest BCUT2D eigenvalue weighted by Crippen LogP contribution is -2.16. The van der Waals surface area contributed by atoms with Crippen molar-refractivity contribution in [3.63, 3.8) is 0 Å². The number of nitrogens with zero attached hydrogens (tertiary/aromatic N) is 1. The second kappa shape index (κ2) is 9.86. The first-order valence-electron chi connectivity index (χ1n) is 9.39. The van der Waals surface area contributed by atoms with E-state index in [-0.39, 0.29) is 30.2 Å². The van der Waals surface area contributed by atoms with Gasteiger partial charge >= 0.3 is 5.97 Å². The number of thiophene rings is 1. The molecule has 31 heavy (non-hydrogen) atoms. The van der Waals surface area contributed by atoms with Crippen LogP contribution in [0.4, 0.5) is 10.7 Å². The van der Waals surface area contributed by atoms with Gasteiger partial charge in [-0.05, 0) is 30.2 Å². The Labute approximate surface area is 182 Å². The first-order valence-corrected chi connectivity index (χ1v) is 10.3. The number of hydrogen-bond acceptors (Lipinski definition) is 7. The Hall–Kier alpha value is -3.72. The summed E-state index contributed by atoms with van der Waals surface area (Å²) in [6.07, 6.45) is 0.00995. The number of nitro benzene ring substituents is 1. The van der Waals surface area contributed by atoms with Crippen LogP contribution in [0.1, 0.15) is 22.8 Å². The van der Waals surface area contributed by atoms with Crippen molar-refractivity contribution >= 4 is 33.9 Å². The van der Waals surface area contributed by atoms with Gasteiger partial charge in [-0.15, -0.1) is 11.3 Å². The number of hydrogen-bond donors (Lipinski definition) is 1.